The third kappa shape index (κ3) is 4.75. The number of rotatable bonds is 7. The standard InChI is InChI=1S/C30H26N2O4S3/c1-16-13-20(30(11-12-30)28(33)34)9-10-21(16)22-14-23-24(37-22)15-25(38-23)27-26(17(2)32-39-27)31-29(35)36-18(3)19-7-5-4-6-8-19/h4-10,13-15,18H,11-12H2,1-3H3,(H,31,35)(H,33,34)/t18-/m1/s1. The summed E-state index contributed by atoms with van der Waals surface area (Å²) in [6, 6.07) is 20.0. The van der Waals surface area contributed by atoms with Crippen molar-refractivity contribution in [1.29, 1.82) is 0 Å². The molecule has 6 nitrogen and oxygen atoms in total. The Morgan fingerprint density at radius 2 is 1.69 bits per heavy atom. The number of hydrogen-bond donors (Lipinski definition) is 2. The molecular formula is C30H26N2O4S3. The molecule has 39 heavy (non-hydrogen) atoms. The van der Waals surface area contributed by atoms with E-state index in [1.807, 2.05) is 63.2 Å². The van der Waals surface area contributed by atoms with Gasteiger partial charge in [-0.3, -0.25) is 10.1 Å². The second kappa shape index (κ2) is 9.89. The van der Waals surface area contributed by atoms with Gasteiger partial charge in [0.25, 0.3) is 0 Å². The summed E-state index contributed by atoms with van der Waals surface area (Å²) >= 11 is 4.75. The van der Waals surface area contributed by atoms with Crippen LogP contribution in [0.5, 0.6) is 0 Å². The highest BCUT2D eigenvalue weighted by Gasteiger charge is 2.51. The molecule has 0 unspecified atom stereocenters. The first kappa shape index (κ1) is 25.7. The molecule has 0 aliphatic heterocycles. The lowest BCUT2D eigenvalue weighted by Crippen LogP contribution is -2.19. The molecule has 0 bridgehead atoms. The van der Waals surface area contributed by atoms with Gasteiger partial charge in [-0.1, -0.05) is 48.5 Å². The summed E-state index contributed by atoms with van der Waals surface area (Å²) in [7, 11) is 0. The molecule has 1 fully saturated rings. The Labute approximate surface area is 238 Å². The number of hydrogen-bond acceptors (Lipinski definition) is 7. The minimum atomic E-state index is -0.732. The maximum atomic E-state index is 12.7. The fraction of sp³-hybridized carbons (Fsp3) is 0.233. The Morgan fingerprint density at radius 1 is 1.00 bits per heavy atom. The van der Waals surface area contributed by atoms with Gasteiger partial charge in [0, 0.05) is 14.3 Å². The molecule has 3 aromatic heterocycles. The third-order valence-corrected chi connectivity index (χ3v) is 10.7. The van der Waals surface area contributed by atoms with E-state index in [1.54, 1.807) is 22.7 Å². The number of carboxylic acids is 1. The van der Waals surface area contributed by atoms with Crippen LogP contribution in [0.15, 0.2) is 60.7 Å². The Morgan fingerprint density at radius 3 is 2.36 bits per heavy atom. The Kier molecular flexibility index (Phi) is 6.53. The topological polar surface area (TPSA) is 88.5 Å². The number of carbonyl (C=O) groups excluding carboxylic acids is 1. The number of amides is 1. The monoisotopic (exact) mass is 574 g/mol. The molecule has 2 N–H and O–H groups in total. The summed E-state index contributed by atoms with van der Waals surface area (Å²) in [5, 5.41) is 12.6. The van der Waals surface area contributed by atoms with Crippen LogP contribution in [0.25, 0.3) is 29.6 Å². The predicted molar refractivity (Wildman–Crippen MR) is 159 cm³/mol. The number of carboxylic acid groups (broad SMARTS) is 1. The van der Waals surface area contributed by atoms with Crippen LogP contribution in [0.4, 0.5) is 10.5 Å². The zero-order valence-corrected chi connectivity index (χ0v) is 24.1. The van der Waals surface area contributed by atoms with Crippen molar-refractivity contribution in [3.05, 3.63) is 83.0 Å². The summed E-state index contributed by atoms with van der Waals surface area (Å²) in [6.07, 6.45) is 0.530. The molecular weight excluding hydrogens is 549 g/mol. The molecule has 2 aromatic carbocycles. The molecule has 0 saturated heterocycles. The zero-order valence-electron chi connectivity index (χ0n) is 21.6. The molecule has 6 rings (SSSR count). The van der Waals surface area contributed by atoms with Gasteiger partial charge in [-0.05, 0) is 79.5 Å². The Balaban J connectivity index is 1.22. The number of fused-ring (bicyclic) bond motifs is 1. The molecule has 0 radical (unpaired) electrons. The quantitative estimate of drug-likeness (QED) is 0.203. The minimum Gasteiger partial charge on any atom is -0.481 e. The molecule has 5 aromatic rings. The van der Waals surface area contributed by atoms with Gasteiger partial charge in [0.15, 0.2) is 0 Å². The van der Waals surface area contributed by atoms with Crippen LogP contribution in [0, 0.1) is 13.8 Å². The number of nitrogens with zero attached hydrogens (tertiary/aromatic N) is 1. The first-order valence-electron chi connectivity index (χ1n) is 12.6. The van der Waals surface area contributed by atoms with Gasteiger partial charge < -0.3 is 9.84 Å². The van der Waals surface area contributed by atoms with E-state index in [0.717, 1.165) is 52.0 Å². The number of aliphatic carboxylic acids is 1. The smallest absolute Gasteiger partial charge is 0.412 e. The number of thiophene rings is 2. The molecule has 1 amide bonds. The summed E-state index contributed by atoms with van der Waals surface area (Å²) < 4.78 is 12.4. The van der Waals surface area contributed by atoms with Gasteiger partial charge in [-0.2, -0.15) is 4.37 Å². The maximum absolute atomic E-state index is 12.7. The van der Waals surface area contributed by atoms with E-state index in [1.165, 1.54) is 11.5 Å². The molecule has 1 aliphatic carbocycles. The van der Waals surface area contributed by atoms with Gasteiger partial charge in [0.05, 0.1) is 26.6 Å². The van der Waals surface area contributed by atoms with Crippen molar-refractivity contribution >= 4 is 61.4 Å². The van der Waals surface area contributed by atoms with E-state index in [0.29, 0.717) is 18.5 Å². The predicted octanol–water partition coefficient (Wildman–Crippen LogP) is 8.80. The van der Waals surface area contributed by atoms with Crippen LogP contribution in [0.3, 0.4) is 0 Å². The molecule has 1 atom stereocenters. The summed E-state index contributed by atoms with van der Waals surface area (Å²) in [4.78, 5) is 27.6. The van der Waals surface area contributed by atoms with Gasteiger partial charge in [0.2, 0.25) is 0 Å². The lowest BCUT2D eigenvalue weighted by molar-refractivity contribution is -0.140. The molecule has 3 heterocycles. The zero-order chi connectivity index (χ0) is 27.3. The highest BCUT2D eigenvalue weighted by atomic mass is 32.1. The number of benzene rings is 2. The Bertz CT molecular complexity index is 1680. The van der Waals surface area contributed by atoms with Crippen molar-refractivity contribution < 1.29 is 19.4 Å². The maximum Gasteiger partial charge on any atom is 0.412 e. The third-order valence-electron chi connectivity index (χ3n) is 7.28. The second-order valence-electron chi connectivity index (χ2n) is 9.92. The SMILES string of the molecule is Cc1cc(C2(C(=O)O)CC2)ccc1-c1cc2sc(-c3snc(C)c3NC(=O)O[C@H](C)c3ccccc3)cc2s1. The van der Waals surface area contributed by atoms with Crippen LogP contribution >= 0.6 is 34.2 Å². The highest BCUT2D eigenvalue weighted by molar-refractivity contribution is 7.32. The lowest BCUT2D eigenvalue weighted by atomic mass is 9.92. The van der Waals surface area contributed by atoms with Crippen molar-refractivity contribution in [1.82, 2.24) is 4.37 Å². The lowest BCUT2D eigenvalue weighted by Gasteiger charge is -2.14. The summed E-state index contributed by atoms with van der Waals surface area (Å²) in [5.41, 5.74) is 4.78. The average Bonchev–Trinajstić information content (AvgIpc) is 3.35. The first-order valence-corrected chi connectivity index (χ1v) is 15.0. The van der Waals surface area contributed by atoms with Crippen molar-refractivity contribution in [2.45, 2.75) is 45.1 Å². The van der Waals surface area contributed by atoms with Gasteiger partial charge in [0.1, 0.15) is 6.10 Å². The van der Waals surface area contributed by atoms with Crippen LogP contribution in [0.1, 0.15) is 48.3 Å². The fourth-order valence-electron chi connectivity index (χ4n) is 4.84. The van der Waals surface area contributed by atoms with Crippen molar-refractivity contribution in [2.75, 3.05) is 5.32 Å². The summed E-state index contributed by atoms with van der Waals surface area (Å²) in [5.74, 6) is -0.732. The largest absolute Gasteiger partial charge is 0.481 e. The molecule has 9 heteroatoms. The molecule has 198 valence electrons. The number of nitrogens with one attached hydrogen (secondary N) is 1. The molecule has 1 saturated carbocycles. The van der Waals surface area contributed by atoms with Crippen molar-refractivity contribution in [3.8, 4) is 20.2 Å². The normalized spacial score (nSPS) is 14.7. The number of aryl methyl sites for hydroxylation is 2. The Hall–Kier alpha value is -3.53. The van der Waals surface area contributed by atoms with Crippen LogP contribution < -0.4 is 5.32 Å². The number of carbonyl (C=O) groups is 2. The van der Waals surface area contributed by atoms with E-state index in [-0.39, 0.29) is 6.10 Å². The van der Waals surface area contributed by atoms with E-state index in [4.69, 9.17) is 4.74 Å². The van der Waals surface area contributed by atoms with Crippen molar-refractivity contribution in [3.63, 3.8) is 0 Å². The van der Waals surface area contributed by atoms with Crippen LogP contribution in [0.2, 0.25) is 0 Å². The van der Waals surface area contributed by atoms with Crippen LogP contribution in [-0.4, -0.2) is 21.5 Å². The van der Waals surface area contributed by atoms with E-state index < -0.39 is 17.5 Å². The van der Waals surface area contributed by atoms with Gasteiger partial charge >= 0.3 is 12.1 Å². The van der Waals surface area contributed by atoms with E-state index in [9.17, 15) is 14.7 Å². The van der Waals surface area contributed by atoms with E-state index in [2.05, 4.69) is 27.9 Å². The number of ether oxygens (including phenoxy) is 1. The second-order valence-corrected chi connectivity index (χ2v) is 12.9. The van der Waals surface area contributed by atoms with Crippen molar-refractivity contribution in [2.24, 2.45) is 0 Å². The van der Waals surface area contributed by atoms with Crippen LogP contribution in [-0.2, 0) is 14.9 Å². The molecule has 1 aliphatic rings. The van der Waals surface area contributed by atoms with E-state index >= 15 is 0 Å². The number of anilines is 1. The molecule has 0 spiro atoms. The average molecular weight is 575 g/mol. The van der Waals surface area contributed by atoms with Gasteiger partial charge in [-0.15, -0.1) is 22.7 Å². The van der Waals surface area contributed by atoms with Gasteiger partial charge in [-0.25, -0.2) is 4.79 Å². The minimum absolute atomic E-state index is 0.372. The first-order chi connectivity index (χ1) is 18.7. The fourth-order valence-corrected chi connectivity index (χ4v) is 8.27. The highest BCUT2D eigenvalue weighted by Crippen LogP contribution is 2.50. The summed E-state index contributed by atoms with van der Waals surface area (Å²) in [6.45, 7) is 5.78. The number of aromatic nitrogens is 1.